The van der Waals surface area contributed by atoms with Gasteiger partial charge in [-0.2, -0.15) is 13.5 Å². The Morgan fingerprint density at radius 2 is 1.44 bits per heavy atom. The molecule has 5 heteroatoms. The Morgan fingerprint density at radius 3 is 1.56 bits per heavy atom. The number of rotatable bonds is 0. The molecular formula is C4H6CuN2SZn. The Balaban J connectivity index is -0.000000120. The van der Waals surface area contributed by atoms with Crippen LogP contribution in [0.15, 0.2) is 24.8 Å². The van der Waals surface area contributed by atoms with Crippen LogP contribution in [0.2, 0.25) is 0 Å². The van der Waals surface area contributed by atoms with Gasteiger partial charge in [-0.05, 0) is 6.07 Å². The minimum Gasteiger partial charge on any atom is -0.245 e. The van der Waals surface area contributed by atoms with E-state index in [0.717, 1.165) is 0 Å². The molecule has 1 aromatic heterocycles. The quantitative estimate of drug-likeness (QED) is 0.623. The van der Waals surface area contributed by atoms with Crippen LogP contribution in [0.4, 0.5) is 0 Å². The second kappa shape index (κ2) is 11.4. The van der Waals surface area contributed by atoms with Gasteiger partial charge in [0.1, 0.15) is 6.33 Å². The van der Waals surface area contributed by atoms with Crippen molar-refractivity contribution in [2.24, 2.45) is 0 Å². The Bertz CT molecular complexity index is 90.5. The summed E-state index contributed by atoms with van der Waals surface area (Å²) >= 11 is 0. The summed E-state index contributed by atoms with van der Waals surface area (Å²) in [7, 11) is 0. The van der Waals surface area contributed by atoms with E-state index in [9.17, 15) is 0 Å². The molecule has 2 nitrogen and oxygen atoms in total. The van der Waals surface area contributed by atoms with Gasteiger partial charge in [0, 0.05) is 48.9 Å². The molecule has 1 heterocycles. The Hall–Kier alpha value is 0.573. The zero-order valence-electron chi connectivity index (χ0n) is 4.71. The van der Waals surface area contributed by atoms with E-state index < -0.39 is 0 Å². The van der Waals surface area contributed by atoms with Crippen molar-refractivity contribution < 1.29 is 36.5 Å². The molecule has 0 aromatic carbocycles. The largest absolute Gasteiger partial charge is 0.245 e. The molecule has 0 aliphatic heterocycles. The number of hydrogen-bond donors (Lipinski definition) is 0. The van der Waals surface area contributed by atoms with Crippen LogP contribution in [-0.4, -0.2) is 9.97 Å². The third-order valence-corrected chi connectivity index (χ3v) is 0.478. The van der Waals surface area contributed by atoms with Crippen molar-refractivity contribution in [1.82, 2.24) is 9.97 Å². The van der Waals surface area contributed by atoms with Gasteiger partial charge < -0.3 is 0 Å². The molecule has 1 aromatic rings. The van der Waals surface area contributed by atoms with Crippen LogP contribution in [0, 0.1) is 0 Å². The topological polar surface area (TPSA) is 25.8 Å². The number of hydrogen-bond acceptors (Lipinski definition) is 2. The molecule has 0 N–H and O–H groups in total. The van der Waals surface area contributed by atoms with Crippen LogP contribution in [0.1, 0.15) is 0 Å². The fourth-order valence-electron chi connectivity index (χ4n) is 0.253. The normalized spacial score (nSPS) is 5.33. The molecule has 1 radical (unpaired) electrons. The monoisotopic (exact) mass is 241 g/mol. The summed E-state index contributed by atoms with van der Waals surface area (Å²) in [5.74, 6) is 0. The van der Waals surface area contributed by atoms with Crippen molar-refractivity contribution in [1.29, 1.82) is 0 Å². The van der Waals surface area contributed by atoms with Gasteiger partial charge in [-0.15, -0.1) is 0 Å². The van der Waals surface area contributed by atoms with E-state index in [1.807, 2.05) is 0 Å². The van der Waals surface area contributed by atoms with E-state index in [-0.39, 0.29) is 50.0 Å². The molecule has 0 amide bonds. The van der Waals surface area contributed by atoms with Crippen molar-refractivity contribution in [3.8, 4) is 0 Å². The molecule has 0 bridgehead atoms. The molecule has 0 atom stereocenters. The summed E-state index contributed by atoms with van der Waals surface area (Å²) < 4.78 is 0. The van der Waals surface area contributed by atoms with Gasteiger partial charge in [-0.25, -0.2) is 9.97 Å². The molecule has 9 heavy (non-hydrogen) atoms. The van der Waals surface area contributed by atoms with Crippen LogP contribution in [-0.2, 0) is 36.5 Å². The smallest absolute Gasteiger partial charge is 0.115 e. The Morgan fingerprint density at radius 1 is 1.00 bits per heavy atom. The average Bonchev–Trinajstić information content (AvgIpc) is 1.72. The van der Waals surface area contributed by atoms with Crippen LogP contribution in [0.25, 0.3) is 0 Å². The van der Waals surface area contributed by atoms with E-state index in [1.165, 1.54) is 6.33 Å². The summed E-state index contributed by atoms with van der Waals surface area (Å²) in [5, 5.41) is 0. The fourth-order valence-corrected chi connectivity index (χ4v) is 0.253. The van der Waals surface area contributed by atoms with Crippen molar-refractivity contribution in [3.63, 3.8) is 0 Å². The first kappa shape index (κ1) is 16.3. The minimum atomic E-state index is 0. The predicted octanol–water partition coefficient (Wildman–Crippen LogP) is 0.584. The molecule has 1 rings (SSSR count). The van der Waals surface area contributed by atoms with E-state index >= 15 is 0 Å². The number of aromatic nitrogens is 2. The van der Waals surface area contributed by atoms with Crippen LogP contribution in [0.5, 0.6) is 0 Å². The summed E-state index contributed by atoms with van der Waals surface area (Å²) in [4.78, 5) is 7.35. The maximum Gasteiger partial charge on any atom is 0.115 e. The first-order chi connectivity index (χ1) is 3.00. The summed E-state index contributed by atoms with van der Waals surface area (Å²) in [6.45, 7) is 0. The first-order valence-electron chi connectivity index (χ1n) is 1.70. The van der Waals surface area contributed by atoms with Crippen molar-refractivity contribution in [2.45, 2.75) is 0 Å². The molecule has 0 spiro atoms. The average molecular weight is 243 g/mol. The van der Waals surface area contributed by atoms with E-state index in [2.05, 4.69) is 9.97 Å². The Labute approximate surface area is 84.5 Å². The molecule has 0 aliphatic carbocycles. The number of nitrogens with zero attached hydrogens (tertiary/aromatic N) is 2. The minimum absolute atomic E-state index is 0. The van der Waals surface area contributed by atoms with Gasteiger partial charge in [0.05, 0.1) is 0 Å². The standard InChI is InChI=1S/C4H4N2.Cu.H2S.Zn/c1-2-5-4-6-3-1;;;/h1-4H;;1H2;. The van der Waals surface area contributed by atoms with Gasteiger partial charge in [0.15, 0.2) is 0 Å². The van der Waals surface area contributed by atoms with E-state index in [1.54, 1.807) is 18.5 Å². The van der Waals surface area contributed by atoms with Gasteiger partial charge in [-0.3, -0.25) is 0 Å². The zero-order valence-corrected chi connectivity index (χ0v) is 9.62. The molecule has 0 fully saturated rings. The van der Waals surface area contributed by atoms with Gasteiger partial charge in [0.2, 0.25) is 0 Å². The van der Waals surface area contributed by atoms with Crippen molar-refractivity contribution in [3.05, 3.63) is 24.8 Å². The van der Waals surface area contributed by atoms with Crippen molar-refractivity contribution >= 4 is 13.5 Å². The zero-order chi connectivity index (χ0) is 4.24. The molecule has 0 unspecified atom stereocenters. The van der Waals surface area contributed by atoms with Gasteiger partial charge in [-0.1, -0.05) is 0 Å². The molecular weight excluding hydrogens is 237 g/mol. The Kier molecular flexibility index (Phi) is 20.6. The predicted molar refractivity (Wildman–Crippen MR) is 32.4 cm³/mol. The van der Waals surface area contributed by atoms with Gasteiger partial charge >= 0.3 is 0 Å². The summed E-state index contributed by atoms with van der Waals surface area (Å²) in [5.41, 5.74) is 0. The second-order valence-corrected chi connectivity index (χ2v) is 0.904. The first-order valence-corrected chi connectivity index (χ1v) is 1.70. The van der Waals surface area contributed by atoms with E-state index in [0.29, 0.717) is 0 Å². The third-order valence-electron chi connectivity index (χ3n) is 0.478. The van der Waals surface area contributed by atoms with E-state index in [4.69, 9.17) is 0 Å². The second-order valence-electron chi connectivity index (χ2n) is 0.904. The maximum absolute atomic E-state index is 3.67. The fraction of sp³-hybridized carbons (Fsp3) is 0. The van der Waals surface area contributed by atoms with Crippen molar-refractivity contribution in [2.75, 3.05) is 0 Å². The van der Waals surface area contributed by atoms with Crippen LogP contribution in [0.3, 0.4) is 0 Å². The summed E-state index contributed by atoms with van der Waals surface area (Å²) in [6, 6.07) is 1.78. The van der Waals surface area contributed by atoms with Crippen LogP contribution < -0.4 is 0 Å². The molecule has 0 saturated carbocycles. The summed E-state index contributed by atoms with van der Waals surface area (Å²) in [6.07, 6.45) is 4.88. The molecule has 0 saturated heterocycles. The maximum atomic E-state index is 3.67. The SMILES string of the molecule is S.[Cu].[Zn].c1cncnc1. The molecule has 51 valence electrons. The third kappa shape index (κ3) is 8.57. The van der Waals surface area contributed by atoms with Gasteiger partial charge in [0.25, 0.3) is 0 Å². The van der Waals surface area contributed by atoms with Crippen LogP contribution >= 0.6 is 13.5 Å². The molecule has 0 aliphatic rings.